The predicted octanol–water partition coefficient (Wildman–Crippen LogP) is 3.75. The Bertz CT molecular complexity index is 663. The summed E-state index contributed by atoms with van der Waals surface area (Å²) in [7, 11) is 0. The van der Waals surface area contributed by atoms with Gasteiger partial charge in [0, 0.05) is 5.69 Å². The molecule has 0 bridgehead atoms. The number of aryl methyl sites for hydroxylation is 1. The number of carboxylic acids is 1. The molecule has 0 radical (unpaired) electrons. The van der Waals surface area contributed by atoms with Crippen molar-refractivity contribution in [3.63, 3.8) is 0 Å². The van der Waals surface area contributed by atoms with Crippen LogP contribution in [-0.2, 0) is 11.2 Å². The molecule has 110 valence electrons. The quantitative estimate of drug-likeness (QED) is 0.884. The van der Waals surface area contributed by atoms with Gasteiger partial charge in [-0.15, -0.1) is 11.3 Å². The number of thiophene rings is 1. The number of hydrogen-bond acceptors (Lipinski definition) is 3. The van der Waals surface area contributed by atoms with Gasteiger partial charge in [0.25, 0.3) is 5.91 Å². The second-order valence-electron chi connectivity index (χ2n) is 4.77. The van der Waals surface area contributed by atoms with Crippen LogP contribution in [0.1, 0.15) is 40.6 Å². The zero-order valence-electron chi connectivity index (χ0n) is 11.9. The van der Waals surface area contributed by atoms with Crippen LogP contribution in [0.2, 0.25) is 0 Å². The number of rotatable bonds is 5. The van der Waals surface area contributed by atoms with E-state index >= 15 is 0 Å². The maximum atomic E-state index is 12.3. The predicted molar refractivity (Wildman–Crippen MR) is 84.1 cm³/mol. The number of carboxylic acid groups (broad SMARTS) is 1. The molecule has 1 aromatic heterocycles. The van der Waals surface area contributed by atoms with Crippen LogP contribution in [0.5, 0.6) is 0 Å². The number of aliphatic carboxylic acids is 1. The second kappa shape index (κ2) is 6.54. The molecule has 0 spiro atoms. The molecule has 2 N–H and O–H groups in total. The molecule has 1 atom stereocenters. The van der Waals surface area contributed by atoms with Crippen molar-refractivity contribution in [2.45, 2.75) is 26.2 Å². The highest BCUT2D eigenvalue weighted by Gasteiger charge is 2.15. The molecular weight excluding hydrogens is 286 g/mol. The molecule has 0 aliphatic carbocycles. The van der Waals surface area contributed by atoms with Crippen LogP contribution in [0.3, 0.4) is 0 Å². The molecule has 1 amide bonds. The number of anilines is 1. The fraction of sp³-hybridized carbons (Fsp3) is 0.250. The smallest absolute Gasteiger partial charge is 0.310 e. The van der Waals surface area contributed by atoms with E-state index in [1.165, 1.54) is 11.3 Å². The summed E-state index contributed by atoms with van der Waals surface area (Å²) in [5, 5.41) is 13.8. The van der Waals surface area contributed by atoms with E-state index in [1.54, 1.807) is 31.2 Å². The van der Waals surface area contributed by atoms with Crippen LogP contribution in [0.25, 0.3) is 0 Å². The van der Waals surface area contributed by atoms with Crippen LogP contribution in [0.4, 0.5) is 5.69 Å². The van der Waals surface area contributed by atoms with Crippen LogP contribution < -0.4 is 5.32 Å². The van der Waals surface area contributed by atoms with Crippen molar-refractivity contribution in [2.75, 3.05) is 5.32 Å². The molecule has 2 aromatic rings. The van der Waals surface area contributed by atoms with Crippen molar-refractivity contribution in [3.8, 4) is 0 Å². The molecule has 21 heavy (non-hydrogen) atoms. The number of carbonyl (C=O) groups excluding carboxylic acids is 1. The molecule has 1 heterocycles. The molecule has 1 unspecified atom stereocenters. The van der Waals surface area contributed by atoms with E-state index < -0.39 is 11.9 Å². The molecule has 0 aliphatic rings. The fourth-order valence-corrected chi connectivity index (χ4v) is 2.92. The summed E-state index contributed by atoms with van der Waals surface area (Å²) in [6.07, 6.45) is 0.808. The molecular formula is C16H17NO3S. The standard InChI is InChI=1S/C16H17NO3S/c1-3-11-7-8-21-14(11)15(18)17-13-6-4-5-12(9-13)10(2)16(19)20/h4-10H,3H2,1-2H3,(H,17,18)(H,19,20). The Hall–Kier alpha value is -2.14. The van der Waals surface area contributed by atoms with Crippen molar-refractivity contribution >= 4 is 28.9 Å². The van der Waals surface area contributed by atoms with Gasteiger partial charge in [0.15, 0.2) is 0 Å². The summed E-state index contributed by atoms with van der Waals surface area (Å²) >= 11 is 1.41. The van der Waals surface area contributed by atoms with Gasteiger partial charge in [-0.3, -0.25) is 9.59 Å². The zero-order chi connectivity index (χ0) is 15.4. The van der Waals surface area contributed by atoms with Crippen LogP contribution in [0, 0.1) is 0 Å². The van der Waals surface area contributed by atoms with Gasteiger partial charge < -0.3 is 10.4 Å². The lowest BCUT2D eigenvalue weighted by molar-refractivity contribution is -0.138. The van der Waals surface area contributed by atoms with E-state index in [0.29, 0.717) is 16.1 Å². The Labute approximate surface area is 127 Å². The van der Waals surface area contributed by atoms with E-state index in [4.69, 9.17) is 5.11 Å². The normalized spacial score (nSPS) is 11.9. The van der Waals surface area contributed by atoms with Gasteiger partial charge in [0.05, 0.1) is 10.8 Å². The third-order valence-electron chi connectivity index (χ3n) is 3.35. The maximum Gasteiger partial charge on any atom is 0.310 e. The average Bonchev–Trinajstić information content (AvgIpc) is 2.95. The summed E-state index contributed by atoms with van der Waals surface area (Å²) in [4.78, 5) is 24.0. The zero-order valence-corrected chi connectivity index (χ0v) is 12.7. The Kier molecular flexibility index (Phi) is 4.75. The third kappa shape index (κ3) is 3.49. The summed E-state index contributed by atoms with van der Waals surface area (Å²) < 4.78 is 0. The van der Waals surface area contributed by atoms with E-state index in [9.17, 15) is 9.59 Å². The van der Waals surface area contributed by atoms with Gasteiger partial charge in [-0.1, -0.05) is 19.1 Å². The van der Waals surface area contributed by atoms with E-state index in [-0.39, 0.29) is 5.91 Å². The third-order valence-corrected chi connectivity index (χ3v) is 4.30. The molecule has 5 heteroatoms. The Balaban J connectivity index is 2.18. The van der Waals surface area contributed by atoms with Crippen LogP contribution in [-0.4, -0.2) is 17.0 Å². The summed E-state index contributed by atoms with van der Waals surface area (Å²) in [5.41, 5.74) is 2.30. The maximum absolute atomic E-state index is 12.3. The van der Waals surface area contributed by atoms with Crippen molar-refractivity contribution in [1.29, 1.82) is 0 Å². The minimum absolute atomic E-state index is 0.151. The van der Waals surface area contributed by atoms with Gasteiger partial charge in [0.2, 0.25) is 0 Å². The van der Waals surface area contributed by atoms with Crippen molar-refractivity contribution in [1.82, 2.24) is 0 Å². The first kappa shape index (κ1) is 15.3. The van der Waals surface area contributed by atoms with Crippen molar-refractivity contribution in [2.24, 2.45) is 0 Å². The molecule has 0 saturated carbocycles. The molecule has 1 aromatic carbocycles. The number of carbonyl (C=O) groups is 2. The van der Waals surface area contributed by atoms with Crippen LogP contribution in [0.15, 0.2) is 35.7 Å². The molecule has 0 saturated heterocycles. The topological polar surface area (TPSA) is 66.4 Å². The monoisotopic (exact) mass is 303 g/mol. The van der Waals surface area contributed by atoms with E-state index in [1.807, 2.05) is 18.4 Å². The lowest BCUT2D eigenvalue weighted by Gasteiger charge is -2.10. The number of amides is 1. The minimum Gasteiger partial charge on any atom is -0.481 e. The van der Waals surface area contributed by atoms with Crippen molar-refractivity contribution in [3.05, 3.63) is 51.7 Å². The van der Waals surface area contributed by atoms with Crippen LogP contribution >= 0.6 is 11.3 Å². The Morgan fingerprint density at radius 1 is 1.33 bits per heavy atom. The van der Waals surface area contributed by atoms with E-state index in [0.717, 1.165) is 12.0 Å². The fourth-order valence-electron chi connectivity index (χ4n) is 2.03. The average molecular weight is 303 g/mol. The van der Waals surface area contributed by atoms with Gasteiger partial charge in [0.1, 0.15) is 0 Å². The highest BCUT2D eigenvalue weighted by molar-refractivity contribution is 7.12. The largest absolute Gasteiger partial charge is 0.481 e. The highest BCUT2D eigenvalue weighted by atomic mass is 32.1. The molecule has 2 rings (SSSR count). The minimum atomic E-state index is -0.884. The number of benzene rings is 1. The Morgan fingerprint density at radius 2 is 2.10 bits per heavy atom. The van der Waals surface area contributed by atoms with Gasteiger partial charge in [-0.25, -0.2) is 0 Å². The lowest BCUT2D eigenvalue weighted by Crippen LogP contribution is -2.13. The molecule has 0 fully saturated rings. The second-order valence-corrected chi connectivity index (χ2v) is 5.68. The highest BCUT2D eigenvalue weighted by Crippen LogP contribution is 2.22. The summed E-state index contributed by atoms with van der Waals surface area (Å²) in [6.45, 7) is 3.63. The first-order chi connectivity index (χ1) is 10.0. The lowest BCUT2D eigenvalue weighted by atomic mass is 10.0. The molecule has 0 aliphatic heterocycles. The van der Waals surface area contributed by atoms with Crippen molar-refractivity contribution < 1.29 is 14.7 Å². The Morgan fingerprint density at radius 3 is 2.76 bits per heavy atom. The molecule has 4 nitrogen and oxygen atoms in total. The van der Waals surface area contributed by atoms with E-state index in [2.05, 4.69) is 5.32 Å². The summed E-state index contributed by atoms with van der Waals surface area (Å²) in [5.74, 6) is -1.64. The first-order valence-electron chi connectivity index (χ1n) is 6.73. The first-order valence-corrected chi connectivity index (χ1v) is 7.61. The van der Waals surface area contributed by atoms with Gasteiger partial charge in [-0.05, 0) is 48.1 Å². The SMILES string of the molecule is CCc1ccsc1C(=O)Nc1cccc(C(C)C(=O)O)c1. The van der Waals surface area contributed by atoms with Gasteiger partial charge in [-0.2, -0.15) is 0 Å². The number of nitrogens with one attached hydrogen (secondary N) is 1. The summed E-state index contributed by atoms with van der Waals surface area (Å²) in [6, 6.07) is 8.91. The van der Waals surface area contributed by atoms with Gasteiger partial charge >= 0.3 is 5.97 Å². The number of hydrogen-bond donors (Lipinski definition) is 2.